The van der Waals surface area contributed by atoms with Crippen molar-refractivity contribution in [2.24, 2.45) is 0 Å². The molecule has 0 spiro atoms. The summed E-state index contributed by atoms with van der Waals surface area (Å²) < 4.78 is 0. The van der Waals surface area contributed by atoms with E-state index in [0.29, 0.717) is 39.2 Å². The number of aromatic nitrogens is 2. The first-order chi connectivity index (χ1) is 11.1. The number of fused-ring (bicyclic) bond motifs is 1. The van der Waals surface area contributed by atoms with Crippen molar-refractivity contribution in [1.82, 2.24) is 9.97 Å². The number of hydrogen-bond acceptors (Lipinski definition) is 4. The average molecular weight is 393 g/mol. The van der Waals surface area contributed by atoms with E-state index in [4.69, 9.17) is 11.6 Å². The third-order valence-corrected chi connectivity index (χ3v) is 4.13. The van der Waals surface area contributed by atoms with Crippen molar-refractivity contribution in [2.75, 3.05) is 5.33 Å². The maximum absolute atomic E-state index is 11.2. The van der Waals surface area contributed by atoms with Crippen molar-refractivity contribution in [3.63, 3.8) is 0 Å². The summed E-state index contributed by atoms with van der Waals surface area (Å²) in [6.45, 7) is 0. The van der Waals surface area contributed by atoms with Crippen LogP contribution in [0.3, 0.4) is 0 Å². The third-order valence-electron chi connectivity index (χ3n) is 3.40. The van der Waals surface area contributed by atoms with E-state index in [1.54, 1.807) is 18.2 Å². The molecule has 0 aliphatic rings. The normalized spacial score (nSPS) is 10.9. The molecule has 1 aromatic heterocycles. The van der Waals surface area contributed by atoms with Crippen LogP contribution in [-0.2, 0) is 6.42 Å². The largest absolute Gasteiger partial charge is 0.297 e. The van der Waals surface area contributed by atoms with E-state index in [2.05, 4.69) is 25.9 Å². The van der Waals surface area contributed by atoms with Crippen molar-refractivity contribution >= 4 is 44.3 Å². The summed E-state index contributed by atoms with van der Waals surface area (Å²) in [5.41, 5.74) is 2.83. The Labute approximate surface area is 145 Å². The minimum atomic E-state index is -0.440. The van der Waals surface area contributed by atoms with Gasteiger partial charge in [0.15, 0.2) is 5.52 Å². The van der Waals surface area contributed by atoms with E-state index in [1.165, 1.54) is 6.07 Å². The van der Waals surface area contributed by atoms with Crippen LogP contribution in [0.2, 0.25) is 5.02 Å². The smallest absolute Gasteiger partial charge is 0.258 e. The number of nitro groups is 1. The van der Waals surface area contributed by atoms with Crippen LogP contribution >= 0.6 is 27.5 Å². The summed E-state index contributed by atoms with van der Waals surface area (Å²) in [5.74, 6) is 0. The summed E-state index contributed by atoms with van der Waals surface area (Å²) >= 11 is 9.66. The average Bonchev–Trinajstić information content (AvgIpc) is 2.54. The van der Waals surface area contributed by atoms with E-state index >= 15 is 0 Å². The Morgan fingerprint density at radius 2 is 1.91 bits per heavy atom. The molecule has 0 saturated carbocycles. The molecule has 0 aliphatic carbocycles. The summed E-state index contributed by atoms with van der Waals surface area (Å²) in [5, 5.41) is 12.4. The Bertz CT molecular complexity index is 902. The van der Waals surface area contributed by atoms with Gasteiger partial charge in [0.1, 0.15) is 0 Å². The van der Waals surface area contributed by atoms with Gasteiger partial charge in [-0.2, -0.15) is 0 Å². The van der Waals surface area contributed by atoms with Gasteiger partial charge < -0.3 is 0 Å². The van der Waals surface area contributed by atoms with Crippen LogP contribution in [0.1, 0.15) is 5.69 Å². The van der Waals surface area contributed by atoms with E-state index in [1.807, 2.05) is 18.2 Å². The number of nitrogens with zero attached hydrogens (tertiary/aromatic N) is 3. The van der Waals surface area contributed by atoms with Crippen LogP contribution in [0, 0.1) is 10.1 Å². The fourth-order valence-corrected chi connectivity index (χ4v) is 2.98. The van der Waals surface area contributed by atoms with E-state index < -0.39 is 4.92 Å². The molecule has 0 radical (unpaired) electrons. The number of alkyl halides is 1. The van der Waals surface area contributed by atoms with Crippen molar-refractivity contribution in [3.05, 3.63) is 63.3 Å². The standard InChI is InChI=1S/C16H11BrClN3O2/c17-9-8-13-15(10-4-1-2-5-11(10)18)19-12-6-3-7-14(21(22)23)16(12)20-13/h1-7H,8-9H2. The Balaban J connectivity index is 2.32. The van der Waals surface area contributed by atoms with Crippen LogP contribution < -0.4 is 0 Å². The van der Waals surface area contributed by atoms with Crippen LogP contribution in [0.4, 0.5) is 5.69 Å². The molecule has 116 valence electrons. The fourth-order valence-electron chi connectivity index (χ4n) is 2.38. The quantitative estimate of drug-likeness (QED) is 0.363. The molecule has 0 N–H and O–H groups in total. The highest BCUT2D eigenvalue weighted by atomic mass is 79.9. The minimum absolute atomic E-state index is 0.0449. The molecule has 3 aromatic rings. The van der Waals surface area contributed by atoms with Gasteiger partial charge in [0.2, 0.25) is 0 Å². The molecule has 3 rings (SSSR count). The number of benzene rings is 2. The first-order valence-corrected chi connectivity index (χ1v) is 8.36. The number of non-ortho nitro benzene ring substituents is 1. The first-order valence-electron chi connectivity index (χ1n) is 6.86. The zero-order valence-electron chi connectivity index (χ0n) is 11.9. The summed E-state index contributed by atoms with van der Waals surface area (Å²) in [6, 6.07) is 12.1. The molecule has 5 nitrogen and oxygen atoms in total. The molecule has 0 aliphatic heterocycles. The van der Waals surface area contributed by atoms with E-state index in [9.17, 15) is 10.1 Å². The monoisotopic (exact) mass is 391 g/mol. The lowest BCUT2D eigenvalue weighted by Crippen LogP contribution is -2.02. The van der Waals surface area contributed by atoms with Crippen LogP contribution in [0.15, 0.2) is 42.5 Å². The molecule has 0 amide bonds. The Morgan fingerprint density at radius 3 is 2.61 bits per heavy atom. The molecular weight excluding hydrogens is 382 g/mol. The summed E-state index contributed by atoms with van der Waals surface area (Å²) in [7, 11) is 0. The second-order valence-electron chi connectivity index (χ2n) is 4.84. The van der Waals surface area contributed by atoms with Crippen LogP contribution in [-0.4, -0.2) is 20.2 Å². The Hall–Kier alpha value is -2.05. The molecule has 23 heavy (non-hydrogen) atoms. The lowest BCUT2D eigenvalue weighted by molar-refractivity contribution is -0.383. The van der Waals surface area contributed by atoms with Gasteiger partial charge in [0.25, 0.3) is 5.69 Å². The lowest BCUT2D eigenvalue weighted by Gasteiger charge is -2.10. The number of hydrogen-bond donors (Lipinski definition) is 0. The maximum atomic E-state index is 11.2. The van der Waals surface area contributed by atoms with Gasteiger partial charge in [-0.25, -0.2) is 9.97 Å². The van der Waals surface area contributed by atoms with Crippen LogP contribution in [0.5, 0.6) is 0 Å². The fraction of sp³-hybridized carbons (Fsp3) is 0.125. The maximum Gasteiger partial charge on any atom is 0.297 e. The lowest BCUT2D eigenvalue weighted by atomic mass is 10.1. The molecule has 7 heteroatoms. The van der Waals surface area contributed by atoms with Gasteiger partial charge in [-0.15, -0.1) is 0 Å². The van der Waals surface area contributed by atoms with Gasteiger partial charge in [0, 0.05) is 23.4 Å². The number of rotatable bonds is 4. The van der Waals surface area contributed by atoms with Crippen molar-refractivity contribution in [3.8, 4) is 11.3 Å². The van der Waals surface area contributed by atoms with Gasteiger partial charge in [0.05, 0.1) is 26.9 Å². The molecule has 0 unspecified atom stereocenters. The molecule has 0 bridgehead atoms. The SMILES string of the molecule is O=[N+]([O-])c1cccc2nc(-c3ccccc3Cl)c(CCBr)nc12. The molecule has 0 saturated heterocycles. The number of aryl methyl sites for hydroxylation is 1. The molecular formula is C16H11BrClN3O2. The van der Waals surface area contributed by atoms with Gasteiger partial charge in [-0.3, -0.25) is 10.1 Å². The summed E-state index contributed by atoms with van der Waals surface area (Å²) in [6.07, 6.45) is 0.593. The van der Waals surface area contributed by atoms with Gasteiger partial charge in [-0.1, -0.05) is 51.8 Å². The molecule has 2 aromatic carbocycles. The highest BCUT2D eigenvalue weighted by Gasteiger charge is 2.18. The highest BCUT2D eigenvalue weighted by Crippen LogP contribution is 2.32. The Kier molecular flexibility index (Phi) is 4.54. The second kappa shape index (κ2) is 6.60. The van der Waals surface area contributed by atoms with Crippen molar-refractivity contribution in [2.45, 2.75) is 6.42 Å². The summed E-state index contributed by atoms with van der Waals surface area (Å²) in [4.78, 5) is 19.9. The minimum Gasteiger partial charge on any atom is -0.258 e. The zero-order chi connectivity index (χ0) is 16.4. The first kappa shape index (κ1) is 15.8. The second-order valence-corrected chi connectivity index (χ2v) is 6.04. The molecule has 0 fully saturated rings. The number of para-hydroxylation sites is 1. The van der Waals surface area contributed by atoms with E-state index in [-0.39, 0.29) is 5.69 Å². The van der Waals surface area contributed by atoms with Crippen molar-refractivity contribution in [1.29, 1.82) is 0 Å². The van der Waals surface area contributed by atoms with Crippen molar-refractivity contribution < 1.29 is 4.92 Å². The van der Waals surface area contributed by atoms with Gasteiger partial charge >= 0.3 is 0 Å². The predicted molar refractivity (Wildman–Crippen MR) is 94.1 cm³/mol. The number of halogens is 2. The number of nitro benzene ring substituents is 1. The van der Waals surface area contributed by atoms with E-state index in [0.717, 1.165) is 5.56 Å². The molecule has 0 atom stereocenters. The highest BCUT2D eigenvalue weighted by molar-refractivity contribution is 9.09. The topological polar surface area (TPSA) is 68.9 Å². The third kappa shape index (κ3) is 3.04. The Morgan fingerprint density at radius 1 is 1.13 bits per heavy atom. The predicted octanol–water partition coefficient (Wildman–Crippen LogP) is 4.80. The van der Waals surface area contributed by atoms with Crippen LogP contribution in [0.25, 0.3) is 22.3 Å². The van der Waals surface area contributed by atoms with Gasteiger partial charge in [-0.05, 0) is 12.1 Å². The molecule has 1 heterocycles. The zero-order valence-corrected chi connectivity index (χ0v) is 14.2.